The Labute approximate surface area is 186 Å². The molecule has 6 rings (SSSR count). The van der Waals surface area contributed by atoms with Crippen molar-refractivity contribution in [2.75, 3.05) is 4.90 Å². The Balaban J connectivity index is 1.32. The van der Waals surface area contributed by atoms with Crippen molar-refractivity contribution in [3.63, 3.8) is 0 Å². The second-order valence-electron chi connectivity index (χ2n) is 8.61. The van der Waals surface area contributed by atoms with E-state index >= 15 is 0 Å². The zero-order chi connectivity index (χ0) is 23.0. The normalized spacial score (nSPS) is 31.3. The molecule has 166 valence electrons. The second kappa shape index (κ2) is 6.79. The lowest BCUT2D eigenvalue weighted by atomic mass is 9.71. The van der Waals surface area contributed by atoms with Gasteiger partial charge in [0.1, 0.15) is 6.10 Å². The number of carbonyl (C=O) groups excluding carboxylic acids is 3. The first kappa shape index (κ1) is 19.7. The van der Waals surface area contributed by atoms with E-state index in [2.05, 4.69) is 5.16 Å². The number of carbonyl (C=O) groups is 3. The maximum Gasteiger partial charge on any atom is 0.270 e. The van der Waals surface area contributed by atoms with E-state index in [4.69, 9.17) is 9.57 Å². The van der Waals surface area contributed by atoms with Crippen molar-refractivity contribution in [2.24, 2.45) is 22.9 Å². The SMILES string of the molecule is CC(=O)c1ccc(N2C(=O)[C@@H]3[C@H]4O[C@@H]([C@@H]5C(c6cccc([N+](=O)[O-])c6)=NO[C@H]45)[C@H]3C2=O)cc1. The minimum Gasteiger partial charge on any atom is -0.389 e. The van der Waals surface area contributed by atoms with Gasteiger partial charge in [0.05, 0.1) is 40.2 Å². The number of fused-ring (bicyclic) bond motifs is 8. The fourth-order valence-electron chi connectivity index (χ4n) is 5.47. The molecule has 3 saturated heterocycles. The molecule has 3 fully saturated rings. The van der Waals surface area contributed by atoms with E-state index in [-0.39, 0.29) is 23.3 Å². The molecule has 10 heteroatoms. The van der Waals surface area contributed by atoms with Crippen LogP contribution in [0.4, 0.5) is 11.4 Å². The molecule has 6 atom stereocenters. The Kier molecular flexibility index (Phi) is 4.06. The third-order valence-corrected chi connectivity index (χ3v) is 6.93. The molecule has 4 aliphatic heterocycles. The van der Waals surface area contributed by atoms with E-state index in [0.29, 0.717) is 22.5 Å². The highest BCUT2D eigenvalue weighted by Gasteiger charge is 2.72. The number of Topliss-reactive ketones (excluding diaryl/α,β-unsaturated/α-hetero) is 1. The van der Waals surface area contributed by atoms with E-state index in [0.717, 1.165) is 4.90 Å². The minimum absolute atomic E-state index is 0.0760. The van der Waals surface area contributed by atoms with Crippen LogP contribution in [0.25, 0.3) is 0 Å². The zero-order valence-electron chi connectivity index (χ0n) is 17.3. The van der Waals surface area contributed by atoms with Crippen molar-refractivity contribution in [1.29, 1.82) is 0 Å². The first-order valence-corrected chi connectivity index (χ1v) is 10.5. The molecule has 0 spiro atoms. The second-order valence-corrected chi connectivity index (χ2v) is 8.61. The number of amides is 2. The molecule has 4 heterocycles. The van der Waals surface area contributed by atoms with Gasteiger partial charge in [-0.2, -0.15) is 0 Å². The molecule has 33 heavy (non-hydrogen) atoms. The summed E-state index contributed by atoms with van der Waals surface area (Å²) in [4.78, 5) is 55.7. The standard InChI is InChI=1S/C23H17N3O7/c1-10(27)11-5-7-13(8-6-11)25-22(28)15-16(23(25)29)20-21-17(19(15)32-20)18(24-33-21)12-3-2-4-14(9-12)26(30)31/h2-9,15-17,19-21H,1H3/t15-,16-,17-,19+,20+,21-/m0/s1. The molecule has 0 aromatic heterocycles. The van der Waals surface area contributed by atoms with Crippen LogP contribution >= 0.6 is 0 Å². The topological polar surface area (TPSA) is 128 Å². The van der Waals surface area contributed by atoms with Crippen molar-refractivity contribution in [2.45, 2.75) is 25.2 Å². The van der Waals surface area contributed by atoms with Crippen LogP contribution in [0.2, 0.25) is 0 Å². The molecule has 4 aliphatic rings. The summed E-state index contributed by atoms with van der Waals surface area (Å²) < 4.78 is 6.06. The van der Waals surface area contributed by atoms with Crippen molar-refractivity contribution in [3.8, 4) is 0 Å². The van der Waals surface area contributed by atoms with E-state index < -0.39 is 41.0 Å². The number of nitrogens with zero attached hydrogens (tertiary/aromatic N) is 3. The summed E-state index contributed by atoms with van der Waals surface area (Å²) in [6.07, 6.45) is -1.80. The van der Waals surface area contributed by atoms with Crippen LogP contribution in [-0.4, -0.2) is 46.5 Å². The van der Waals surface area contributed by atoms with Crippen LogP contribution in [0.5, 0.6) is 0 Å². The Hall–Kier alpha value is -3.92. The monoisotopic (exact) mass is 447 g/mol. The number of anilines is 1. The predicted octanol–water partition coefficient (Wildman–Crippen LogP) is 2.10. The van der Waals surface area contributed by atoms with Gasteiger partial charge in [-0.15, -0.1) is 0 Å². The van der Waals surface area contributed by atoms with Crippen molar-refractivity contribution < 1.29 is 28.9 Å². The van der Waals surface area contributed by atoms with Gasteiger partial charge in [0.25, 0.3) is 5.69 Å². The maximum absolute atomic E-state index is 13.4. The number of ketones is 1. The predicted molar refractivity (Wildman–Crippen MR) is 113 cm³/mol. The Bertz CT molecular complexity index is 1270. The van der Waals surface area contributed by atoms with Crippen LogP contribution in [0, 0.1) is 27.9 Å². The van der Waals surface area contributed by atoms with Gasteiger partial charge in [-0.25, -0.2) is 4.90 Å². The third-order valence-electron chi connectivity index (χ3n) is 6.93. The van der Waals surface area contributed by atoms with Crippen molar-refractivity contribution in [3.05, 3.63) is 69.8 Å². The molecule has 2 aromatic carbocycles. The molecule has 0 N–H and O–H groups in total. The van der Waals surface area contributed by atoms with E-state index in [1.54, 1.807) is 36.4 Å². The molecule has 0 radical (unpaired) electrons. The number of nitro groups is 1. The quantitative estimate of drug-likeness (QED) is 0.304. The Morgan fingerprint density at radius 3 is 2.36 bits per heavy atom. The molecule has 2 amide bonds. The van der Waals surface area contributed by atoms with Gasteiger partial charge < -0.3 is 9.57 Å². The van der Waals surface area contributed by atoms with Gasteiger partial charge in [0, 0.05) is 23.3 Å². The van der Waals surface area contributed by atoms with E-state index in [1.807, 2.05) is 0 Å². The van der Waals surface area contributed by atoms with Crippen LogP contribution in [0.1, 0.15) is 22.8 Å². The van der Waals surface area contributed by atoms with Gasteiger partial charge in [0.2, 0.25) is 11.8 Å². The van der Waals surface area contributed by atoms with Gasteiger partial charge in [0.15, 0.2) is 11.9 Å². The number of ether oxygens (including phenoxy) is 1. The number of benzene rings is 2. The summed E-state index contributed by atoms with van der Waals surface area (Å²) in [6, 6.07) is 12.4. The average molecular weight is 447 g/mol. The third kappa shape index (κ3) is 2.64. The highest BCUT2D eigenvalue weighted by molar-refractivity contribution is 6.23. The summed E-state index contributed by atoms with van der Waals surface area (Å²) in [5.74, 6) is -2.62. The molecule has 10 nitrogen and oxygen atoms in total. The summed E-state index contributed by atoms with van der Waals surface area (Å²) in [5, 5.41) is 15.3. The number of non-ortho nitro benzene ring substituents is 1. The molecular formula is C23H17N3O7. The molecule has 0 saturated carbocycles. The largest absolute Gasteiger partial charge is 0.389 e. The first-order chi connectivity index (χ1) is 15.9. The number of imide groups is 1. The van der Waals surface area contributed by atoms with Crippen LogP contribution in [0.3, 0.4) is 0 Å². The molecule has 0 unspecified atom stereocenters. The zero-order valence-corrected chi connectivity index (χ0v) is 17.3. The fraction of sp³-hybridized carbons (Fsp3) is 0.304. The highest BCUT2D eigenvalue weighted by atomic mass is 16.7. The van der Waals surface area contributed by atoms with Crippen LogP contribution in [-0.2, 0) is 19.2 Å². The summed E-state index contributed by atoms with van der Waals surface area (Å²) >= 11 is 0. The van der Waals surface area contributed by atoms with E-state index in [1.165, 1.54) is 19.1 Å². The van der Waals surface area contributed by atoms with Gasteiger partial charge >= 0.3 is 0 Å². The maximum atomic E-state index is 13.4. The molecule has 2 bridgehead atoms. The van der Waals surface area contributed by atoms with Gasteiger partial charge in [-0.3, -0.25) is 24.5 Å². The molecule has 2 aromatic rings. The fourth-order valence-corrected chi connectivity index (χ4v) is 5.47. The van der Waals surface area contributed by atoms with Crippen molar-refractivity contribution in [1.82, 2.24) is 0 Å². The first-order valence-electron chi connectivity index (χ1n) is 10.5. The smallest absolute Gasteiger partial charge is 0.270 e. The Morgan fingerprint density at radius 1 is 1.00 bits per heavy atom. The number of nitro benzene ring substituents is 1. The molecule has 0 aliphatic carbocycles. The van der Waals surface area contributed by atoms with Gasteiger partial charge in [-0.1, -0.05) is 17.3 Å². The number of oxime groups is 1. The lowest BCUT2D eigenvalue weighted by Crippen LogP contribution is -2.45. The summed E-state index contributed by atoms with van der Waals surface area (Å²) in [5.41, 5.74) is 1.83. The summed E-state index contributed by atoms with van der Waals surface area (Å²) in [7, 11) is 0. The van der Waals surface area contributed by atoms with Crippen LogP contribution in [0.15, 0.2) is 53.7 Å². The molecular weight excluding hydrogens is 430 g/mol. The van der Waals surface area contributed by atoms with E-state index in [9.17, 15) is 24.5 Å². The highest BCUT2D eigenvalue weighted by Crippen LogP contribution is 2.55. The number of hydrogen-bond donors (Lipinski definition) is 0. The summed E-state index contributed by atoms with van der Waals surface area (Å²) in [6.45, 7) is 1.44. The van der Waals surface area contributed by atoms with Crippen LogP contribution < -0.4 is 4.90 Å². The van der Waals surface area contributed by atoms with Crippen molar-refractivity contribution >= 4 is 34.7 Å². The lowest BCUT2D eigenvalue weighted by molar-refractivity contribution is -0.384. The minimum atomic E-state index is -0.693. The Morgan fingerprint density at radius 2 is 1.70 bits per heavy atom. The average Bonchev–Trinajstić information content (AvgIpc) is 3.54. The van der Waals surface area contributed by atoms with Gasteiger partial charge in [-0.05, 0) is 31.2 Å². The number of rotatable bonds is 4. The number of hydrogen-bond acceptors (Lipinski definition) is 8. The lowest BCUT2D eigenvalue weighted by Gasteiger charge is -2.26.